The first-order valence-corrected chi connectivity index (χ1v) is 10.7. The fourth-order valence-corrected chi connectivity index (χ4v) is 4.63. The Bertz CT molecular complexity index is 991. The molecular formula is C18H18N2O4S3. The predicted octanol–water partition coefficient (Wildman–Crippen LogP) is 4.63. The fourth-order valence-electron chi connectivity index (χ4n) is 2.81. The van der Waals surface area contributed by atoms with E-state index in [2.05, 4.69) is 4.99 Å². The Morgan fingerprint density at radius 3 is 2.96 bits per heavy atom. The minimum atomic E-state index is -1.01. The first-order valence-electron chi connectivity index (χ1n) is 8.06. The molecule has 2 aromatic rings. The van der Waals surface area contributed by atoms with Crippen molar-refractivity contribution in [3.8, 4) is 11.6 Å². The van der Waals surface area contributed by atoms with Crippen LogP contribution in [-0.2, 0) is 4.79 Å². The maximum atomic E-state index is 11.7. The summed E-state index contributed by atoms with van der Waals surface area (Å²) < 4.78 is 6.86. The summed E-state index contributed by atoms with van der Waals surface area (Å²) in [6.07, 6.45) is 5.78. The molecule has 0 saturated heterocycles. The van der Waals surface area contributed by atoms with Crippen LogP contribution in [0.4, 0.5) is 5.69 Å². The van der Waals surface area contributed by atoms with Gasteiger partial charge in [0, 0.05) is 23.4 Å². The third-order valence-electron chi connectivity index (χ3n) is 4.18. The molecule has 0 bridgehead atoms. The normalized spacial score (nSPS) is 15.1. The monoisotopic (exact) mass is 422 g/mol. The number of carboxylic acid groups (broad SMARTS) is 1. The standard InChI is InChI=1S/C18H18N2O4S3/c1-24-11-3-4-12-10(9-19-13(12)8-11)7-15-16(21)20(18(25)27-15)14(17(22)23)5-6-26-2/h3-4,7-9,14,21H,5-6H2,1-2H3,(H,22,23)/b10-7-. The van der Waals surface area contributed by atoms with Gasteiger partial charge in [-0.15, -0.1) is 11.3 Å². The van der Waals surface area contributed by atoms with Crippen molar-refractivity contribution in [1.29, 1.82) is 0 Å². The van der Waals surface area contributed by atoms with E-state index in [1.807, 2.05) is 24.5 Å². The molecule has 142 valence electrons. The number of aromatic nitrogens is 1. The first-order chi connectivity index (χ1) is 13.0. The molecule has 1 aromatic carbocycles. The summed E-state index contributed by atoms with van der Waals surface area (Å²) in [6, 6.07) is 4.69. The summed E-state index contributed by atoms with van der Waals surface area (Å²) in [7, 11) is 1.60. The molecule has 2 heterocycles. The smallest absolute Gasteiger partial charge is 0.326 e. The second-order valence-corrected chi connectivity index (χ2v) is 8.46. The summed E-state index contributed by atoms with van der Waals surface area (Å²) in [5.41, 5.74) is 2.52. The lowest BCUT2D eigenvalue weighted by Crippen LogP contribution is -2.19. The third-order valence-corrected chi connectivity index (χ3v) is 6.16. The molecule has 0 amide bonds. The van der Waals surface area contributed by atoms with E-state index in [1.165, 1.54) is 15.9 Å². The quantitative estimate of drug-likeness (QED) is 0.633. The number of carbonyl (C=O) groups is 1. The van der Waals surface area contributed by atoms with Gasteiger partial charge >= 0.3 is 5.97 Å². The van der Waals surface area contributed by atoms with Gasteiger partial charge in [-0.2, -0.15) is 11.8 Å². The largest absolute Gasteiger partial charge is 0.497 e. The van der Waals surface area contributed by atoms with Crippen LogP contribution in [0, 0.1) is 3.95 Å². The topological polar surface area (TPSA) is 84.1 Å². The SMILES string of the molecule is COc1ccc2c(c1)N=C/C2=C/c1sc(=S)n(C(CCSC)C(=O)O)c1O. The minimum Gasteiger partial charge on any atom is -0.497 e. The fraction of sp³-hybridized carbons (Fsp3) is 0.278. The van der Waals surface area contributed by atoms with Gasteiger partial charge in [0.2, 0.25) is 5.88 Å². The Hall–Kier alpha value is -2.10. The van der Waals surface area contributed by atoms with Crippen LogP contribution in [0.15, 0.2) is 23.2 Å². The van der Waals surface area contributed by atoms with Gasteiger partial charge in [0.15, 0.2) is 3.95 Å². The summed E-state index contributed by atoms with van der Waals surface area (Å²) in [4.78, 5) is 16.5. The lowest BCUT2D eigenvalue weighted by Gasteiger charge is -2.14. The van der Waals surface area contributed by atoms with Gasteiger partial charge < -0.3 is 14.9 Å². The Balaban J connectivity index is 1.99. The molecule has 0 saturated carbocycles. The van der Waals surface area contributed by atoms with Gasteiger partial charge in [0.05, 0.1) is 17.7 Å². The summed E-state index contributed by atoms with van der Waals surface area (Å²) in [5.74, 6) is 0.246. The number of thiazole rings is 1. The summed E-state index contributed by atoms with van der Waals surface area (Å²) >= 11 is 8.07. The van der Waals surface area contributed by atoms with E-state index in [9.17, 15) is 15.0 Å². The number of thioether (sulfide) groups is 1. The van der Waals surface area contributed by atoms with Crippen LogP contribution in [0.5, 0.6) is 11.6 Å². The van der Waals surface area contributed by atoms with E-state index < -0.39 is 12.0 Å². The average molecular weight is 423 g/mol. The molecule has 9 heteroatoms. The maximum Gasteiger partial charge on any atom is 0.326 e. The zero-order chi connectivity index (χ0) is 19.6. The Morgan fingerprint density at radius 2 is 2.30 bits per heavy atom. The van der Waals surface area contributed by atoms with Crippen molar-refractivity contribution in [3.63, 3.8) is 0 Å². The lowest BCUT2D eigenvalue weighted by atomic mass is 10.1. The number of fused-ring (bicyclic) bond motifs is 1. The number of aliphatic imine (C=N–C) groups is 1. The molecule has 0 radical (unpaired) electrons. The van der Waals surface area contributed by atoms with Gasteiger partial charge in [-0.1, -0.05) is 0 Å². The number of aliphatic carboxylic acids is 1. The van der Waals surface area contributed by atoms with E-state index in [-0.39, 0.29) is 5.88 Å². The van der Waals surface area contributed by atoms with E-state index in [0.29, 0.717) is 21.0 Å². The molecule has 6 nitrogen and oxygen atoms in total. The van der Waals surface area contributed by atoms with Crippen LogP contribution < -0.4 is 4.74 Å². The molecule has 0 aliphatic carbocycles. The Kier molecular flexibility index (Phi) is 6.03. The van der Waals surface area contributed by atoms with E-state index in [4.69, 9.17) is 17.0 Å². The number of hydrogen-bond donors (Lipinski definition) is 2. The van der Waals surface area contributed by atoms with Crippen molar-refractivity contribution in [2.75, 3.05) is 19.1 Å². The van der Waals surface area contributed by atoms with Crippen molar-refractivity contribution in [2.45, 2.75) is 12.5 Å². The van der Waals surface area contributed by atoms with Crippen molar-refractivity contribution in [1.82, 2.24) is 4.57 Å². The molecule has 0 spiro atoms. The van der Waals surface area contributed by atoms with Gasteiger partial charge in [-0.05, 0) is 48.9 Å². The first kappa shape index (κ1) is 19.7. The van der Waals surface area contributed by atoms with Gasteiger partial charge in [0.1, 0.15) is 11.8 Å². The molecule has 27 heavy (non-hydrogen) atoms. The number of aromatic hydroxyl groups is 1. The molecule has 1 aliphatic heterocycles. The molecule has 1 unspecified atom stereocenters. The molecule has 1 aromatic heterocycles. The number of benzene rings is 1. The highest BCUT2D eigenvalue weighted by atomic mass is 32.2. The predicted molar refractivity (Wildman–Crippen MR) is 113 cm³/mol. The van der Waals surface area contributed by atoms with Crippen molar-refractivity contribution < 1.29 is 19.7 Å². The van der Waals surface area contributed by atoms with Crippen LogP contribution in [0.25, 0.3) is 11.6 Å². The highest BCUT2D eigenvalue weighted by molar-refractivity contribution is 7.98. The number of ether oxygens (including phenoxy) is 1. The van der Waals surface area contributed by atoms with Crippen LogP contribution in [0.3, 0.4) is 0 Å². The number of nitrogens with zero attached hydrogens (tertiary/aromatic N) is 2. The summed E-state index contributed by atoms with van der Waals surface area (Å²) in [6.45, 7) is 0. The zero-order valence-corrected chi connectivity index (χ0v) is 17.2. The van der Waals surface area contributed by atoms with E-state index >= 15 is 0 Å². The van der Waals surface area contributed by atoms with Crippen molar-refractivity contribution >= 4 is 64.8 Å². The van der Waals surface area contributed by atoms with Crippen molar-refractivity contribution in [2.24, 2.45) is 4.99 Å². The molecule has 3 rings (SSSR count). The Labute approximate surface area is 169 Å². The van der Waals surface area contributed by atoms with E-state index in [1.54, 1.807) is 31.2 Å². The lowest BCUT2D eigenvalue weighted by molar-refractivity contribution is -0.141. The molecule has 1 aliphatic rings. The second kappa shape index (κ2) is 8.28. The third kappa shape index (κ3) is 3.95. The number of carboxylic acids is 1. The second-order valence-electron chi connectivity index (χ2n) is 5.80. The van der Waals surface area contributed by atoms with Crippen LogP contribution in [-0.4, -0.2) is 46.1 Å². The molecule has 0 fully saturated rings. The van der Waals surface area contributed by atoms with Crippen LogP contribution in [0.1, 0.15) is 22.9 Å². The Morgan fingerprint density at radius 1 is 1.52 bits per heavy atom. The molecule has 2 N–H and O–H groups in total. The minimum absolute atomic E-state index is 0.124. The van der Waals surface area contributed by atoms with Gasteiger partial charge in [-0.25, -0.2) is 4.79 Å². The van der Waals surface area contributed by atoms with Crippen LogP contribution >= 0.6 is 35.3 Å². The maximum absolute atomic E-state index is 11.7. The molecule has 1 atom stereocenters. The number of rotatable bonds is 7. The average Bonchev–Trinajstić information content (AvgIpc) is 3.17. The van der Waals surface area contributed by atoms with Crippen molar-refractivity contribution in [3.05, 3.63) is 32.6 Å². The number of hydrogen-bond acceptors (Lipinski definition) is 7. The van der Waals surface area contributed by atoms with E-state index in [0.717, 1.165) is 22.6 Å². The van der Waals surface area contributed by atoms with Crippen LogP contribution in [0.2, 0.25) is 0 Å². The highest BCUT2D eigenvalue weighted by Crippen LogP contribution is 2.38. The summed E-state index contributed by atoms with van der Waals surface area (Å²) in [5, 5.41) is 20.2. The van der Waals surface area contributed by atoms with Gasteiger partial charge in [0.25, 0.3) is 0 Å². The number of allylic oxidation sites excluding steroid dienone is 1. The zero-order valence-electron chi connectivity index (χ0n) is 14.7. The number of methoxy groups -OCH3 is 1. The van der Waals surface area contributed by atoms with Gasteiger partial charge in [-0.3, -0.25) is 9.56 Å². The molecular weight excluding hydrogens is 404 g/mol. The highest BCUT2D eigenvalue weighted by Gasteiger charge is 2.25.